The Hall–Kier alpha value is -2.13. The van der Waals surface area contributed by atoms with E-state index in [1.165, 1.54) is 0 Å². The van der Waals surface area contributed by atoms with Gasteiger partial charge in [-0.25, -0.2) is 0 Å². The Morgan fingerprint density at radius 2 is 1.45 bits per heavy atom. The number of esters is 1. The number of ether oxygens (including phenoxy) is 1. The second kappa shape index (κ2) is 5.47. The van der Waals surface area contributed by atoms with Crippen molar-refractivity contribution in [2.45, 2.75) is 24.5 Å². The smallest absolute Gasteiger partial charge is 0.309 e. The number of rotatable bonds is 2. The second-order valence-electron chi connectivity index (χ2n) is 5.03. The van der Waals surface area contributed by atoms with Gasteiger partial charge >= 0.3 is 5.97 Å². The molecule has 0 radical (unpaired) electrons. The minimum absolute atomic E-state index is 0.0445. The van der Waals surface area contributed by atoms with Crippen molar-refractivity contribution in [2.24, 2.45) is 0 Å². The Kier molecular flexibility index (Phi) is 3.52. The van der Waals surface area contributed by atoms with Crippen molar-refractivity contribution in [3.05, 3.63) is 71.8 Å². The maximum absolute atomic E-state index is 11.7. The Balaban J connectivity index is 2.01. The predicted molar refractivity (Wildman–Crippen MR) is 75.1 cm³/mol. The molecule has 2 aromatic rings. The monoisotopic (exact) mass is 268 g/mol. The van der Waals surface area contributed by atoms with Gasteiger partial charge in [0.25, 0.3) is 0 Å². The molecule has 3 nitrogen and oxygen atoms in total. The van der Waals surface area contributed by atoms with Crippen LogP contribution in [-0.4, -0.2) is 17.2 Å². The van der Waals surface area contributed by atoms with Crippen LogP contribution in [0.4, 0.5) is 0 Å². The highest BCUT2D eigenvalue weighted by Gasteiger charge is 2.39. The summed E-state index contributed by atoms with van der Waals surface area (Å²) in [4.78, 5) is 11.7. The average molecular weight is 268 g/mol. The summed E-state index contributed by atoms with van der Waals surface area (Å²) in [6.45, 7) is 0. The topological polar surface area (TPSA) is 46.5 Å². The lowest BCUT2D eigenvalue weighted by Gasteiger charge is -2.35. The molecule has 3 heteroatoms. The fourth-order valence-corrected chi connectivity index (χ4v) is 2.75. The van der Waals surface area contributed by atoms with E-state index in [-0.39, 0.29) is 18.3 Å². The van der Waals surface area contributed by atoms with E-state index in [4.69, 9.17) is 4.74 Å². The van der Waals surface area contributed by atoms with Crippen molar-refractivity contribution in [1.29, 1.82) is 0 Å². The highest BCUT2D eigenvalue weighted by Crippen LogP contribution is 2.41. The van der Waals surface area contributed by atoms with Gasteiger partial charge in [-0.05, 0) is 11.1 Å². The van der Waals surface area contributed by atoms with Crippen molar-refractivity contribution in [3.63, 3.8) is 0 Å². The lowest BCUT2D eigenvalue weighted by atomic mass is 9.82. The van der Waals surface area contributed by atoms with Gasteiger partial charge in [-0.15, -0.1) is 0 Å². The zero-order chi connectivity index (χ0) is 13.9. The van der Waals surface area contributed by atoms with Crippen LogP contribution < -0.4 is 0 Å². The van der Waals surface area contributed by atoms with Crippen LogP contribution in [0.1, 0.15) is 29.6 Å². The van der Waals surface area contributed by atoms with E-state index < -0.39 is 12.2 Å². The maximum atomic E-state index is 11.7. The van der Waals surface area contributed by atoms with Gasteiger partial charge in [-0.3, -0.25) is 4.79 Å². The molecular weight excluding hydrogens is 252 g/mol. The number of cyclic esters (lactones) is 1. The van der Waals surface area contributed by atoms with Gasteiger partial charge in [-0.2, -0.15) is 0 Å². The summed E-state index contributed by atoms with van der Waals surface area (Å²) in [7, 11) is 0. The zero-order valence-electron chi connectivity index (χ0n) is 11.0. The molecule has 0 amide bonds. The van der Waals surface area contributed by atoms with Gasteiger partial charge in [0, 0.05) is 0 Å². The number of carbonyl (C=O) groups excluding carboxylic acids is 1. The average Bonchev–Trinajstić information content (AvgIpc) is 2.48. The molecule has 3 rings (SSSR count). The quantitative estimate of drug-likeness (QED) is 0.852. The SMILES string of the molecule is O=C1CC(O)C(c2ccccc2)C(c2ccccc2)O1. The third-order valence-corrected chi connectivity index (χ3v) is 3.69. The van der Waals surface area contributed by atoms with E-state index in [0.29, 0.717) is 0 Å². The molecule has 0 aromatic heterocycles. The van der Waals surface area contributed by atoms with E-state index >= 15 is 0 Å². The van der Waals surface area contributed by atoms with Crippen molar-refractivity contribution >= 4 is 5.97 Å². The van der Waals surface area contributed by atoms with E-state index in [1.807, 2.05) is 60.7 Å². The summed E-state index contributed by atoms with van der Waals surface area (Å²) in [5.41, 5.74) is 1.90. The molecule has 2 aromatic carbocycles. The molecule has 102 valence electrons. The Bertz CT molecular complexity index is 580. The predicted octanol–water partition coefficient (Wildman–Crippen LogP) is 2.82. The second-order valence-corrected chi connectivity index (χ2v) is 5.03. The van der Waals surface area contributed by atoms with E-state index in [1.54, 1.807) is 0 Å². The fourth-order valence-electron chi connectivity index (χ4n) is 2.75. The Morgan fingerprint density at radius 1 is 0.900 bits per heavy atom. The number of carbonyl (C=O) groups is 1. The lowest BCUT2D eigenvalue weighted by molar-refractivity contribution is -0.163. The van der Waals surface area contributed by atoms with E-state index in [2.05, 4.69) is 0 Å². The Labute approximate surface area is 117 Å². The van der Waals surface area contributed by atoms with Crippen LogP contribution >= 0.6 is 0 Å². The highest BCUT2D eigenvalue weighted by atomic mass is 16.5. The number of benzene rings is 2. The molecule has 0 spiro atoms. The van der Waals surface area contributed by atoms with Gasteiger partial charge in [0.15, 0.2) is 0 Å². The summed E-state index contributed by atoms with van der Waals surface area (Å²) in [5.74, 6) is -0.574. The van der Waals surface area contributed by atoms with Gasteiger partial charge in [0.05, 0.1) is 18.4 Å². The third kappa shape index (κ3) is 2.45. The van der Waals surface area contributed by atoms with E-state index in [9.17, 15) is 9.90 Å². The molecule has 0 aliphatic carbocycles. The molecule has 1 saturated heterocycles. The van der Waals surface area contributed by atoms with Gasteiger partial charge in [-0.1, -0.05) is 60.7 Å². The molecule has 1 N–H and O–H groups in total. The van der Waals surface area contributed by atoms with Crippen LogP contribution in [0.25, 0.3) is 0 Å². The first-order chi connectivity index (χ1) is 9.75. The molecule has 0 saturated carbocycles. The van der Waals surface area contributed by atoms with Crippen LogP contribution in [0, 0.1) is 0 Å². The number of hydrogen-bond acceptors (Lipinski definition) is 3. The number of aliphatic hydroxyl groups is 1. The molecule has 20 heavy (non-hydrogen) atoms. The molecule has 3 atom stereocenters. The van der Waals surface area contributed by atoms with Gasteiger partial charge in [0.1, 0.15) is 6.10 Å². The third-order valence-electron chi connectivity index (χ3n) is 3.69. The van der Waals surface area contributed by atoms with Crippen LogP contribution in [0.3, 0.4) is 0 Å². The number of hydrogen-bond donors (Lipinski definition) is 1. The van der Waals surface area contributed by atoms with Crippen LogP contribution in [-0.2, 0) is 9.53 Å². The van der Waals surface area contributed by atoms with Gasteiger partial charge < -0.3 is 9.84 Å². The molecule has 0 bridgehead atoms. The maximum Gasteiger partial charge on any atom is 0.309 e. The first-order valence-corrected chi connectivity index (χ1v) is 6.73. The molecule has 1 aliphatic rings. The van der Waals surface area contributed by atoms with Crippen LogP contribution in [0.2, 0.25) is 0 Å². The summed E-state index contributed by atoms with van der Waals surface area (Å²) in [5, 5.41) is 10.3. The summed E-state index contributed by atoms with van der Waals surface area (Å²) in [6, 6.07) is 19.3. The Morgan fingerprint density at radius 3 is 2.05 bits per heavy atom. The molecule has 1 aliphatic heterocycles. The van der Waals surface area contributed by atoms with Crippen molar-refractivity contribution < 1.29 is 14.6 Å². The molecular formula is C17H16O3. The lowest BCUT2D eigenvalue weighted by Crippen LogP contribution is -2.35. The largest absolute Gasteiger partial charge is 0.457 e. The summed E-state index contributed by atoms with van der Waals surface area (Å²) in [6.07, 6.45) is -1.11. The first kappa shape index (κ1) is 12.9. The van der Waals surface area contributed by atoms with Gasteiger partial charge in [0.2, 0.25) is 0 Å². The van der Waals surface area contributed by atoms with Crippen LogP contribution in [0.15, 0.2) is 60.7 Å². The molecule has 1 fully saturated rings. The standard InChI is InChI=1S/C17H16O3/c18-14-11-15(19)20-17(13-9-5-2-6-10-13)16(14)12-7-3-1-4-8-12/h1-10,14,16-18H,11H2. The first-order valence-electron chi connectivity index (χ1n) is 6.73. The van der Waals surface area contributed by atoms with Crippen molar-refractivity contribution in [1.82, 2.24) is 0 Å². The minimum atomic E-state index is -0.719. The fraction of sp³-hybridized carbons (Fsp3) is 0.235. The highest BCUT2D eigenvalue weighted by molar-refractivity contribution is 5.72. The minimum Gasteiger partial charge on any atom is -0.457 e. The molecule has 1 heterocycles. The summed E-state index contributed by atoms with van der Waals surface area (Å²) >= 11 is 0. The zero-order valence-corrected chi connectivity index (χ0v) is 11.0. The van der Waals surface area contributed by atoms with E-state index in [0.717, 1.165) is 11.1 Å². The summed E-state index contributed by atoms with van der Waals surface area (Å²) < 4.78 is 5.51. The van der Waals surface area contributed by atoms with Crippen LogP contribution in [0.5, 0.6) is 0 Å². The normalized spacial score (nSPS) is 26.1. The number of aliphatic hydroxyl groups excluding tert-OH is 1. The van der Waals surface area contributed by atoms with Crippen molar-refractivity contribution in [2.75, 3.05) is 0 Å². The van der Waals surface area contributed by atoms with Crippen molar-refractivity contribution in [3.8, 4) is 0 Å². The molecule has 3 unspecified atom stereocenters.